The number of carbonyl (C=O) groups excluding carboxylic acids is 1. The predicted octanol–water partition coefficient (Wildman–Crippen LogP) is 3.76. The topological polar surface area (TPSA) is 85.8 Å². The van der Waals surface area contributed by atoms with Crippen molar-refractivity contribution < 1.29 is 13.2 Å². The van der Waals surface area contributed by atoms with Crippen molar-refractivity contribution in [1.29, 1.82) is 0 Å². The molecule has 0 aliphatic carbocycles. The number of benzene rings is 1. The number of nitrogens with zero attached hydrogens (tertiary/aromatic N) is 4. The van der Waals surface area contributed by atoms with Gasteiger partial charge in [-0.1, -0.05) is 35.3 Å². The molecule has 3 saturated heterocycles. The predicted molar refractivity (Wildman–Crippen MR) is 151 cm³/mol. The zero-order valence-corrected chi connectivity index (χ0v) is 23.9. The van der Waals surface area contributed by atoms with E-state index in [1.807, 2.05) is 41.3 Å². The lowest BCUT2D eigenvalue weighted by molar-refractivity contribution is -0.120. The maximum absolute atomic E-state index is 13.2. The number of hydrogen-bond donors (Lipinski definition) is 1. The van der Waals surface area contributed by atoms with Crippen LogP contribution in [0, 0.1) is 0 Å². The Morgan fingerprint density at radius 1 is 1.05 bits per heavy atom. The minimum absolute atomic E-state index is 0.0275. The largest absolute Gasteiger partial charge is 0.300 e. The summed E-state index contributed by atoms with van der Waals surface area (Å²) in [7, 11) is -3.16. The number of rotatable bonds is 8. The lowest BCUT2D eigenvalue weighted by Crippen LogP contribution is -2.62. The number of amides is 1. The third-order valence-electron chi connectivity index (χ3n) is 8.11. The van der Waals surface area contributed by atoms with Gasteiger partial charge in [0, 0.05) is 69.4 Å². The van der Waals surface area contributed by atoms with E-state index >= 15 is 0 Å². The zero-order valence-electron chi connectivity index (χ0n) is 21.6. The van der Waals surface area contributed by atoms with Crippen LogP contribution < -0.4 is 9.62 Å². The zero-order chi connectivity index (χ0) is 26.9. The highest BCUT2D eigenvalue weighted by atomic mass is 35.5. The van der Waals surface area contributed by atoms with Gasteiger partial charge in [0.05, 0.1) is 16.3 Å². The van der Waals surface area contributed by atoms with Crippen LogP contribution in [0.4, 0.5) is 5.82 Å². The Morgan fingerprint density at radius 2 is 1.82 bits per heavy atom. The second kappa shape index (κ2) is 11.8. The van der Waals surface area contributed by atoms with E-state index in [2.05, 4.69) is 19.5 Å². The van der Waals surface area contributed by atoms with Gasteiger partial charge >= 0.3 is 0 Å². The molecule has 2 aromatic rings. The van der Waals surface area contributed by atoms with Gasteiger partial charge in [-0.3, -0.25) is 14.6 Å². The van der Waals surface area contributed by atoms with E-state index in [4.69, 9.17) is 23.2 Å². The van der Waals surface area contributed by atoms with E-state index in [9.17, 15) is 13.2 Å². The molecule has 4 heterocycles. The molecule has 11 heteroatoms. The number of hydrogen-bond acceptors (Lipinski definition) is 6. The van der Waals surface area contributed by atoms with Crippen LogP contribution >= 0.6 is 23.2 Å². The van der Waals surface area contributed by atoms with Crippen LogP contribution in [-0.2, 0) is 14.8 Å². The van der Waals surface area contributed by atoms with E-state index in [1.54, 1.807) is 6.20 Å². The Morgan fingerprint density at radius 3 is 2.47 bits per heavy atom. The highest BCUT2D eigenvalue weighted by Crippen LogP contribution is 2.39. The monoisotopic (exact) mass is 579 g/mol. The van der Waals surface area contributed by atoms with Crippen LogP contribution in [0.2, 0.25) is 10.0 Å². The van der Waals surface area contributed by atoms with Crippen molar-refractivity contribution in [1.82, 2.24) is 19.5 Å². The molecule has 0 bridgehead atoms. The number of piperidine rings is 2. The van der Waals surface area contributed by atoms with Gasteiger partial charge in [-0.25, -0.2) is 18.1 Å². The molecule has 3 fully saturated rings. The molecule has 8 nitrogen and oxygen atoms in total. The van der Waals surface area contributed by atoms with Crippen molar-refractivity contribution in [3.8, 4) is 0 Å². The van der Waals surface area contributed by atoms with Gasteiger partial charge in [-0.2, -0.15) is 0 Å². The van der Waals surface area contributed by atoms with Gasteiger partial charge in [0.2, 0.25) is 15.9 Å². The molecular formula is C27H35Cl2N5O3S. The van der Waals surface area contributed by atoms with Crippen LogP contribution in [0.1, 0.15) is 43.6 Å². The Kier molecular flexibility index (Phi) is 8.62. The summed E-state index contributed by atoms with van der Waals surface area (Å²) in [6.45, 7) is 4.70. The number of pyridine rings is 1. The maximum atomic E-state index is 13.2. The van der Waals surface area contributed by atoms with Crippen molar-refractivity contribution >= 4 is 45.0 Å². The van der Waals surface area contributed by atoms with Crippen LogP contribution in [0.15, 0.2) is 42.6 Å². The first-order valence-corrected chi connectivity index (χ1v) is 15.9. The molecule has 0 saturated carbocycles. The second-order valence-electron chi connectivity index (χ2n) is 10.7. The van der Waals surface area contributed by atoms with E-state index in [1.165, 1.54) is 6.26 Å². The fourth-order valence-corrected chi connectivity index (χ4v) is 7.32. The molecule has 38 heavy (non-hydrogen) atoms. The molecule has 0 spiro atoms. The Labute approximate surface area is 235 Å². The van der Waals surface area contributed by atoms with Crippen molar-refractivity contribution in [3.63, 3.8) is 0 Å². The molecule has 1 N–H and O–H groups in total. The summed E-state index contributed by atoms with van der Waals surface area (Å²) < 4.78 is 25.8. The molecule has 1 amide bonds. The standard InChI is InChI=1S/C27H35Cl2N5O3S/c1-38(36,37)31-20-9-14-33(15-10-20)21-17-32(18-21)13-11-25-22(19-5-7-23(28)24(29)16-19)6-8-27(35)34(25)26-4-2-3-12-30-26/h2-5,7,12,16,20-22,25,31H,6,8-11,13-15,17-18H2,1H3/t22-,25?/m0/s1. The van der Waals surface area contributed by atoms with E-state index in [0.29, 0.717) is 28.3 Å². The van der Waals surface area contributed by atoms with Crippen LogP contribution in [0.25, 0.3) is 0 Å². The molecule has 206 valence electrons. The molecule has 1 aromatic carbocycles. The second-order valence-corrected chi connectivity index (χ2v) is 13.3. The minimum Gasteiger partial charge on any atom is -0.300 e. The smallest absolute Gasteiger partial charge is 0.228 e. The minimum atomic E-state index is -3.16. The number of likely N-dealkylation sites (tertiary alicyclic amines) is 2. The highest BCUT2D eigenvalue weighted by molar-refractivity contribution is 7.88. The molecule has 3 aliphatic heterocycles. The molecular weight excluding hydrogens is 545 g/mol. The number of sulfonamides is 1. The number of anilines is 1. The summed E-state index contributed by atoms with van der Waals surface area (Å²) in [6, 6.07) is 12.0. The van der Waals surface area contributed by atoms with E-state index in [-0.39, 0.29) is 23.9 Å². The maximum Gasteiger partial charge on any atom is 0.228 e. The van der Waals surface area contributed by atoms with Gasteiger partial charge in [0.15, 0.2) is 0 Å². The molecule has 1 unspecified atom stereocenters. The van der Waals surface area contributed by atoms with Crippen molar-refractivity contribution in [3.05, 3.63) is 58.2 Å². The quantitative estimate of drug-likeness (QED) is 0.512. The third-order valence-corrected chi connectivity index (χ3v) is 9.61. The normalized spacial score (nSPS) is 24.5. The Balaban J connectivity index is 1.23. The number of aromatic nitrogens is 1. The first kappa shape index (κ1) is 27.8. The summed E-state index contributed by atoms with van der Waals surface area (Å²) in [6.07, 6.45) is 6.72. The van der Waals surface area contributed by atoms with Crippen molar-refractivity contribution in [2.75, 3.05) is 43.9 Å². The van der Waals surface area contributed by atoms with Crippen LogP contribution in [-0.4, -0.2) is 86.2 Å². The SMILES string of the molecule is CS(=O)(=O)NC1CCN(C2CN(CCC3[C@H](c4ccc(Cl)c(Cl)c4)CCC(=O)N3c3ccccn3)C2)CC1. The molecule has 1 aromatic heterocycles. The number of nitrogens with one attached hydrogen (secondary N) is 1. The van der Waals surface area contributed by atoms with Crippen LogP contribution in [0.3, 0.4) is 0 Å². The van der Waals surface area contributed by atoms with E-state index < -0.39 is 10.0 Å². The van der Waals surface area contributed by atoms with Gasteiger partial charge in [-0.05, 0) is 55.5 Å². The number of halogens is 2. The van der Waals surface area contributed by atoms with Gasteiger partial charge in [0.1, 0.15) is 5.82 Å². The molecule has 3 aliphatic rings. The molecule has 2 atom stereocenters. The number of carbonyl (C=O) groups is 1. The first-order valence-electron chi connectivity index (χ1n) is 13.3. The van der Waals surface area contributed by atoms with Gasteiger partial charge in [-0.15, -0.1) is 0 Å². The molecule has 5 rings (SSSR count). The lowest BCUT2D eigenvalue weighted by Gasteiger charge is -2.49. The van der Waals surface area contributed by atoms with Gasteiger partial charge < -0.3 is 4.90 Å². The summed E-state index contributed by atoms with van der Waals surface area (Å²) in [5.74, 6) is 0.944. The summed E-state index contributed by atoms with van der Waals surface area (Å²) in [5.41, 5.74) is 1.10. The lowest BCUT2D eigenvalue weighted by atomic mass is 9.81. The summed E-state index contributed by atoms with van der Waals surface area (Å²) in [5, 5.41) is 1.06. The average molecular weight is 581 g/mol. The summed E-state index contributed by atoms with van der Waals surface area (Å²) >= 11 is 12.6. The average Bonchev–Trinajstić information content (AvgIpc) is 2.85. The third kappa shape index (κ3) is 6.51. The van der Waals surface area contributed by atoms with Crippen LogP contribution in [0.5, 0.6) is 0 Å². The van der Waals surface area contributed by atoms with Crippen molar-refractivity contribution in [2.45, 2.75) is 56.1 Å². The summed E-state index contributed by atoms with van der Waals surface area (Å²) in [4.78, 5) is 24.5. The molecule has 0 radical (unpaired) electrons. The van der Waals surface area contributed by atoms with Gasteiger partial charge in [0.25, 0.3) is 0 Å². The Hall–Kier alpha value is -1.75. The van der Waals surface area contributed by atoms with Crippen molar-refractivity contribution in [2.24, 2.45) is 0 Å². The highest BCUT2D eigenvalue weighted by Gasteiger charge is 2.40. The first-order chi connectivity index (χ1) is 18.2. The Bertz CT molecular complexity index is 1230. The fourth-order valence-electron chi connectivity index (χ4n) is 6.17. The fraction of sp³-hybridized carbons (Fsp3) is 0.556. The van der Waals surface area contributed by atoms with E-state index in [0.717, 1.165) is 64.0 Å².